The molecule has 0 atom stereocenters. The van der Waals surface area contributed by atoms with Crippen LogP contribution in [-0.2, 0) is 13.6 Å². The maximum atomic E-state index is 4.29. The molecule has 2 heterocycles. The summed E-state index contributed by atoms with van der Waals surface area (Å²) in [6.07, 6.45) is 3.78. The van der Waals surface area contributed by atoms with Crippen molar-refractivity contribution in [3.8, 4) is 0 Å². The number of anilines is 1. The van der Waals surface area contributed by atoms with Crippen molar-refractivity contribution in [2.45, 2.75) is 13.5 Å². The van der Waals surface area contributed by atoms with E-state index in [1.165, 1.54) is 5.56 Å². The molecule has 84 valence electrons. The van der Waals surface area contributed by atoms with Crippen LogP contribution in [0.4, 0.5) is 5.82 Å². The summed E-state index contributed by atoms with van der Waals surface area (Å²) in [5.41, 5.74) is 2.22. The van der Waals surface area contributed by atoms with Crippen molar-refractivity contribution in [2.24, 2.45) is 7.05 Å². The van der Waals surface area contributed by atoms with Gasteiger partial charge in [-0.2, -0.15) is 5.10 Å². The van der Waals surface area contributed by atoms with Gasteiger partial charge in [0.25, 0.3) is 0 Å². The first-order valence-electron chi connectivity index (χ1n) is 5.00. The Kier molecular flexibility index (Phi) is 3.24. The van der Waals surface area contributed by atoms with Crippen molar-refractivity contribution in [2.75, 3.05) is 5.32 Å². The van der Waals surface area contributed by atoms with E-state index in [-0.39, 0.29) is 0 Å². The summed E-state index contributed by atoms with van der Waals surface area (Å²) in [6.45, 7) is 2.74. The fourth-order valence-corrected chi connectivity index (χ4v) is 1.91. The SMILES string of the molecule is Cc1nn(C)cc1CNc1ncccc1Br. The molecular weight excluding hydrogens is 268 g/mol. The summed E-state index contributed by atoms with van der Waals surface area (Å²) in [5.74, 6) is 0.853. The van der Waals surface area contributed by atoms with E-state index in [1.54, 1.807) is 6.20 Å². The highest BCUT2D eigenvalue weighted by atomic mass is 79.9. The number of nitrogens with one attached hydrogen (secondary N) is 1. The highest BCUT2D eigenvalue weighted by Crippen LogP contribution is 2.19. The number of aromatic nitrogens is 3. The van der Waals surface area contributed by atoms with Crippen LogP contribution in [0.2, 0.25) is 0 Å². The van der Waals surface area contributed by atoms with E-state index in [9.17, 15) is 0 Å². The molecule has 0 aliphatic rings. The molecule has 16 heavy (non-hydrogen) atoms. The number of hydrogen-bond donors (Lipinski definition) is 1. The van der Waals surface area contributed by atoms with E-state index in [2.05, 4.69) is 31.3 Å². The predicted molar refractivity (Wildman–Crippen MR) is 67.2 cm³/mol. The number of hydrogen-bond acceptors (Lipinski definition) is 3. The number of rotatable bonds is 3. The standard InChI is InChI=1S/C11H13BrN4/c1-8-9(7-16(2)15-8)6-14-11-10(12)4-3-5-13-11/h3-5,7H,6H2,1-2H3,(H,13,14). The topological polar surface area (TPSA) is 42.7 Å². The van der Waals surface area contributed by atoms with E-state index in [0.717, 1.165) is 22.5 Å². The zero-order valence-corrected chi connectivity index (χ0v) is 10.8. The van der Waals surface area contributed by atoms with Crippen LogP contribution in [-0.4, -0.2) is 14.8 Å². The van der Waals surface area contributed by atoms with Crippen LogP contribution >= 0.6 is 15.9 Å². The number of nitrogens with zero attached hydrogens (tertiary/aromatic N) is 3. The van der Waals surface area contributed by atoms with Gasteiger partial charge in [0.15, 0.2) is 0 Å². The van der Waals surface area contributed by atoms with Crippen molar-refractivity contribution in [3.05, 3.63) is 40.3 Å². The molecule has 1 N–H and O–H groups in total. The Balaban J connectivity index is 2.08. The molecule has 0 fully saturated rings. The fourth-order valence-electron chi connectivity index (χ4n) is 1.52. The lowest BCUT2D eigenvalue weighted by Crippen LogP contribution is -2.02. The van der Waals surface area contributed by atoms with Gasteiger partial charge in [-0.1, -0.05) is 0 Å². The zero-order valence-electron chi connectivity index (χ0n) is 9.24. The van der Waals surface area contributed by atoms with Crippen LogP contribution in [0.15, 0.2) is 29.0 Å². The number of pyridine rings is 1. The quantitative estimate of drug-likeness (QED) is 0.940. The third-order valence-electron chi connectivity index (χ3n) is 2.32. The molecule has 0 aromatic carbocycles. The molecule has 2 aromatic heterocycles. The van der Waals surface area contributed by atoms with Gasteiger partial charge in [-0.05, 0) is 35.0 Å². The Morgan fingerprint density at radius 1 is 1.50 bits per heavy atom. The summed E-state index contributed by atoms with van der Waals surface area (Å²) in [7, 11) is 1.92. The van der Waals surface area contributed by atoms with Gasteiger partial charge in [-0.25, -0.2) is 4.98 Å². The third kappa shape index (κ3) is 2.41. The van der Waals surface area contributed by atoms with Crippen LogP contribution in [0, 0.1) is 6.92 Å². The summed E-state index contributed by atoms with van der Waals surface area (Å²) in [4.78, 5) is 4.24. The van der Waals surface area contributed by atoms with Crippen molar-refractivity contribution >= 4 is 21.7 Å². The van der Waals surface area contributed by atoms with Gasteiger partial charge in [-0.15, -0.1) is 0 Å². The number of aryl methyl sites for hydroxylation is 2. The molecule has 0 amide bonds. The van der Waals surface area contributed by atoms with E-state index in [1.807, 2.05) is 37.0 Å². The Morgan fingerprint density at radius 3 is 2.94 bits per heavy atom. The van der Waals surface area contributed by atoms with Gasteiger partial charge in [0, 0.05) is 31.5 Å². The monoisotopic (exact) mass is 280 g/mol. The maximum absolute atomic E-state index is 4.29. The lowest BCUT2D eigenvalue weighted by Gasteiger charge is -2.05. The van der Waals surface area contributed by atoms with Crippen molar-refractivity contribution < 1.29 is 0 Å². The first-order chi connectivity index (χ1) is 7.66. The van der Waals surface area contributed by atoms with Gasteiger partial charge in [-0.3, -0.25) is 4.68 Å². The lowest BCUT2D eigenvalue weighted by atomic mass is 10.2. The van der Waals surface area contributed by atoms with Crippen molar-refractivity contribution in [1.29, 1.82) is 0 Å². The first kappa shape index (κ1) is 11.1. The van der Waals surface area contributed by atoms with Gasteiger partial charge < -0.3 is 5.32 Å². The maximum Gasteiger partial charge on any atom is 0.140 e. The molecule has 0 saturated heterocycles. The first-order valence-corrected chi connectivity index (χ1v) is 5.79. The van der Waals surface area contributed by atoms with Gasteiger partial charge in [0.1, 0.15) is 5.82 Å². The van der Waals surface area contributed by atoms with Gasteiger partial charge in [0.05, 0.1) is 10.2 Å². The molecule has 2 aromatic rings. The largest absolute Gasteiger partial charge is 0.365 e. The highest BCUT2D eigenvalue weighted by molar-refractivity contribution is 9.10. The Hall–Kier alpha value is -1.36. The van der Waals surface area contributed by atoms with E-state index >= 15 is 0 Å². The third-order valence-corrected chi connectivity index (χ3v) is 2.96. The van der Waals surface area contributed by atoms with E-state index in [0.29, 0.717) is 0 Å². The Bertz CT molecular complexity index is 492. The van der Waals surface area contributed by atoms with E-state index < -0.39 is 0 Å². The molecule has 0 bridgehead atoms. The average molecular weight is 281 g/mol. The Morgan fingerprint density at radius 2 is 2.31 bits per heavy atom. The predicted octanol–water partition coefficient (Wildman–Crippen LogP) is 2.50. The van der Waals surface area contributed by atoms with Crippen LogP contribution in [0.3, 0.4) is 0 Å². The van der Waals surface area contributed by atoms with Crippen LogP contribution < -0.4 is 5.32 Å². The summed E-state index contributed by atoms with van der Waals surface area (Å²) in [6, 6.07) is 3.86. The van der Waals surface area contributed by atoms with Crippen molar-refractivity contribution in [3.63, 3.8) is 0 Å². The summed E-state index contributed by atoms with van der Waals surface area (Å²) >= 11 is 3.45. The molecular formula is C11H13BrN4. The van der Waals surface area contributed by atoms with Crippen LogP contribution in [0.25, 0.3) is 0 Å². The minimum atomic E-state index is 0.731. The molecule has 4 nitrogen and oxygen atoms in total. The highest BCUT2D eigenvalue weighted by Gasteiger charge is 2.04. The molecule has 0 aliphatic heterocycles. The van der Waals surface area contributed by atoms with Crippen molar-refractivity contribution in [1.82, 2.24) is 14.8 Å². The molecule has 2 rings (SSSR count). The molecule has 5 heteroatoms. The normalized spacial score (nSPS) is 10.4. The minimum Gasteiger partial charge on any atom is -0.365 e. The van der Waals surface area contributed by atoms with E-state index in [4.69, 9.17) is 0 Å². The zero-order chi connectivity index (χ0) is 11.5. The smallest absolute Gasteiger partial charge is 0.140 e. The molecule has 0 aliphatic carbocycles. The number of halogens is 1. The summed E-state index contributed by atoms with van der Waals surface area (Å²) in [5, 5.41) is 7.56. The van der Waals surface area contributed by atoms with Gasteiger partial charge in [0.2, 0.25) is 0 Å². The second-order valence-corrected chi connectivity index (χ2v) is 4.46. The molecule has 0 radical (unpaired) electrons. The van der Waals surface area contributed by atoms with Crippen LogP contribution in [0.1, 0.15) is 11.3 Å². The average Bonchev–Trinajstić information content (AvgIpc) is 2.56. The van der Waals surface area contributed by atoms with Gasteiger partial charge >= 0.3 is 0 Å². The molecule has 0 unspecified atom stereocenters. The van der Waals surface area contributed by atoms with Crippen LogP contribution in [0.5, 0.6) is 0 Å². The fraction of sp³-hybridized carbons (Fsp3) is 0.273. The minimum absolute atomic E-state index is 0.731. The second-order valence-electron chi connectivity index (χ2n) is 3.60. The summed E-state index contributed by atoms with van der Waals surface area (Å²) < 4.78 is 2.79. The molecule has 0 spiro atoms. The lowest BCUT2D eigenvalue weighted by molar-refractivity contribution is 0.756. The Labute approximate surface area is 103 Å². The molecule has 0 saturated carbocycles. The second kappa shape index (κ2) is 4.65.